The monoisotopic (exact) mass is 1100 g/mol. The number of aliphatic hydroxyl groups is 11. The van der Waals surface area contributed by atoms with E-state index in [1.165, 1.54) is 12.5 Å². The summed E-state index contributed by atoms with van der Waals surface area (Å²) >= 11 is 0. The van der Waals surface area contributed by atoms with Crippen LogP contribution in [0.5, 0.6) is 0 Å². The molecule has 9 rings (SSSR count). The average molecular weight is 1100 g/mol. The molecule has 27 atom stereocenters. The summed E-state index contributed by atoms with van der Waals surface area (Å²) in [6, 6.07) is 0. The van der Waals surface area contributed by atoms with Crippen molar-refractivity contribution in [2.45, 2.75) is 249 Å². The van der Waals surface area contributed by atoms with Crippen molar-refractivity contribution in [2.24, 2.45) is 50.2 Å². The summed E-state index contributed by atoms with van der Waals surface area (Å²) in [5.74, 6) is -0.975. The number of esters is 2. The third-order valence-electron chi connectivity index (χ3n) is 21.2. The van der Waals surface area contributed by atoms with E-state index in [4.69, 9.17) is 42.6 Å². The van der Waals surface area contributed by atoms with Crippen molar-refractivity contribution in [1.29, 1.82) is 0 Å². The van der Waals surface area contributed by atoms with Crippen LogP contribution >= 0.6 is 0 Å². The number of carbonyl (C=O) groups is 2. The first kappa shape index (κ1) is 59.6. The van der Waals surface area contributed by atoms with Gasteiger partial charge in [-0.1, -0.05) is 60.1 Å². The standard InChI is InChI=1S/C55H88O22/c1-24-34(58)37(61)41(65)47(72-24)76-44-30(23-69-25(2)56)74-45(43(67)39(44)63)71-22-29-36(60)38(62)42(66)48(73-29)77-49(68)55-18-16-50(3,4)20-27(55)26-10-11-32-52(7)14-13-33(75-46-40(64)35(59)28(57)21-70-46)51(5,6)31(52)12-15-54(32,9)53(26,8)17-19-55/h10,24,27-48,57-67H,11-23H2,1-9H3/t24-,27+,28-,29-,30-,31+,32-,33+,34-,35-,36-,37+,38+,39-,40+,41+,42-,43-,44-,45-,46-,47-,48+,52+,53-,54-,55-/m1/s1. The second-order valence-electron chi connectivity index (χ2n) is 26.5. The second kappa shape index (κ2) is 21.6. The highest BCUT2D eigenvalue weighted by Crippen LogP contribution is 2.76. The number of carbonyl (C=O) groups excluding carboxylic acids is 2. The van der Waals surface area contributed by atoms with E-state index in [1.54, 1.807) is 0 Å². The van der Waals surface area contributed by atoms with Gasteiger partial charge in [0, 0.05) is 6.92 Å². The summed E-state index contributed by atoms with van der Waals surface area (Å²) in [5, 5.41) is 119. The van der Waals surface area contributed by atoms with Gasteiger partial charge in [0.05, 0.1) is 30.8 Å². The molecule has 4 aliphatic heterocycles. The molecule has 77 heavy (non-hydrogen) atoms. The fourth-order valence-electron chi connectivity index (χ4n) is 16.3. The van der Waals surface area contributed by atoms with Gasteiger partial charge >= 0.3 is 11.9 Å². The van der Waals surface area contributed by atoms with Crippen molar-refractivity contribution < 1.29 is 108 Å². The van der Waals surface area contributed by atoms with Crippen LogP contribution in [0.2, 0.25) is 0 Å². The molecule has 0 spiro atoms. The van der Waals surface area contributed by atoms with Gasteiger partial charge in [-0.25, -0.2) is 0 Å². The molecule has 0 unspecified atom stereocenters. The van der Waals surface area contributed by atoms with Crippen molar-refractivity contribution in [1.82, 2.24) is 0 Å². The Hall–Kier alpha value is -2.04. The van der Waals surface area contributed by atoms with Gasteiger partial charge in [0.2, 0.25) is 6.29 Å². The van der Waals surface area contributed by atoms with Crippen molar-refractivity contribution in [3.8, 4) is 0 Å². The lowest BCUT2D eigenvalue weighted by atomic mass is 9.33. The molecule has 0 aromatic rings. The fraction of sp³-hybridized carbons (Fsp3) is 0.927. The van der Waals surface area contributed by atoms with E-state index in [-0.39, 0.29) is 51.6 Å². The predicted octanol–water partition coefficient (Wildman–Crippen LogP) is 0.202. The quantitative estimate of drug-likeness (QED) is 0.0748. The van der Waals surface area contributed by atoms with Crippen LogP contribution in [-0.4, -0.2) is 211 Å². The van der Waals surface area contributed by atoms with Gasteiger partial charge in [0.25, 0.3) is 0 Å². The van der Waals surface area contributed by atoms with Crippen LogP contribution in [0.15, 0.2) is 11.6 Å². The third-order valence-corrected chi connectivity index (χ3v) is 21.2. The van der Waals surface area contributed by atoms with E-state index in [0.717, 1.165) is 45.4 Å². The molecule has 22 nitrogen and oxygen atoms in total. The minimum absolute atomic E-state index is 0.0866. The molecule has 0 radical (unpaired) electrons. The van der Waals surface area contributed by atoms with E-state index in [1.807, 2.05) is 0 Å². The van der Waals surface area contributed by atoms with Crippen LogP contribution in [0.3, 0.4) is 0 Å². The maximum atomic E-state index is 15.2. The number of fused-ring (bicyclic) bond motifs is 7. The number of hydrogen-bond acceptors (Lipinski definition) is 22. The number of rotatable bonds is 11. The highest BCUT2D eigenvalue weighted by molar-refractivity contribution is 5.79. The predicted molar refractivity (Wildman–Crippen MR) is 265 cm³/mol. The molecule has 22 heteroatoms. The Balaban J connectivity index is 0.898. The van der Waals surface area contributed by atoms with E-state index in [2.05, 4.69) is 54.5 Å². The summed E-state index contributed by atoms with van der Waals surface area (Å²) in [7, 11) is 0. The minimum Gasteiger partial charge on any atom is -0.463 e. The minimum atomic E-state index is -1.90. The SMILES string of the molecule is CC(=O)OC[C@H]1O[C@@H](OC[C@H]2O[C@@H](OC(=O)[C@@]34CCC(C)(C)C[C@H]3C3=CC[C@@H]5[C@@]6(C)CC[C@H](O[C@H]7OC[C@@H](O)[C@@H](O)[C@@H]7O)C(C)(C)[C@@H]6CC[C@@]5(C)[C@]3(C)CC4)[C@H](O)[C@@H](O)[C@@H]2O)[C@H](O)[C@@H](O)[C@@H]1O[C@H]1O[C@H](C)[C@@H](O)[C@H](O)[C@@H]1O. The molecule has 4 saturated heterocycles. The van der Waals surface area contributed by atoms with Crippen LogP contribution in [0.4, 0.5) is 0 Å². The average Bonchev–Trinajstić information content (AvgIpc) is 3.51. The Labute approximate surface area is 450 Å². The molecule has 9 aliphatic rings. The van der Waals surface area contributed by atoms with Gasteiger partial charge in [-0.05, 0) is 116 Å². The Bertz CT molecular complexity index is 2160. The molecule has 4 heterocycles. The number of hydrogen-bond donors (Lipinski definition) is 11. The molecule has 8 fully saturated rings. The van der Waals surface area contributed by atoms with Crippen LogP contribution in [0, 0.1) is 50.2 Å². The molecular weight excluding hydrogens is 1010 g/mol. The molecule has 4 saturated carbocycles. The van der Waals surface area contributed by atoms with Crippen LogP contribution in [0.25, 0.3) is 0 Å². The van der Waals surface area contributed by atoms with Crippen molar-refractivity contribution in [2.75, 3.05) is 19.8 Å². The number of ether oxygens (including phenoxy) is 9. The Morgan fingerprint density at radius 3 is 1.96 bits per heavy atom. The zero-order valence-corrected chi connectivity index (χ0v) is 46.0. The lowest BCUT2D eigenvalue weighted by Crippen LogP contribution is -2.66. The lowest BCUT2D eigenvalue weighted by molar-refractivity contribution is -0.361. The third kappa shape index (κ3) is 10.2. The van der Waals surface area contributed by atoms with Gasteiger partial charge in [-0.2, -0.15) is 0 Å². The summed E-state index contributed by atoms with van der Waals surface area (Å²) in [4.78, 5) is 27.0. The molecule has 11 N–H and O–H groups in total. The van der Waals surface area contributed by atoms with E-state index < -0.39 is 147 Å². The van der Waals surface area contributed by atoms with Gasteiger partial charge in [-0.3, -0.25) is 9.59 Å². The molecule has 0 amide bonds. The zero-order valence-electron chi connectivity index (χ0n) is 46.0. The van der Waals surface area contributed by atoms with Crippen molar-refractivity contribution in [3.05, 3.63) is 11.6 Å². The van der Waals surface area contributed by atoms with Gasteiger partial charge < -0.3 is 98.8 Å². The van der Waals surface area contributed by atoms with Gasteiger partial charge in [0.15, 0.2) is 18.9 Å². The Morgan fingerprint density at radius 1 is 0.623 bits per heavy atom. The van der Waals surface area contributed by atoms with E-state index >= 15 is 4.79 Å². The first-order valence-electron chi connectivity index (χ1n) is 28.0. The normalized spacial score (nSPS) is 52.4. The molecular formula is C55H88O22. The zero-order chi connectivity index (χ0) is 56.3. The molecule has 0 aromatic carbocycles. The topological polar surface area (TPSA) is 340 Å². The van der Waals surface area contributed by atoms with Crippen LogP contribution in [0.1, 0.15) is 127 Å². The summed E-state index contributed by atoms with van der Waals surface area (Å²) in [6.45, 7) is 17.4. The number of allylic oxidation sites excluding steroid dienone is 2. The van der Waals surface area contributed by atoms with E-state index in [9.17, 15) is 61.0 Å². The maximum absolute atomic E-state index is 15.2. The highest BCUT2D eigenvalue weighted by atomic mass is 16.8. The molecule has 0 aromatic heterocycles. The van der Waals surface area contributed by atoms with Crippen LogP contribution in [-0.2, 0) is 52.2 Å². The molecule has 440 valence electrons. The first-order chi connectivity index (χ1) is 35.9. The highest BCUT2D eigenvalue weighted by Gasteiger charge is 2.70. The lowest BCUT2D eigenvalue weighted by Gasteiger charge is -2.71. The molecule has 5 aliphatic carbocycles. The first-order valence-corrected chi connectivity index (χ1v) is 28.0. The summed E-state index contributed by atoms with van der Waals surface area (Å²) in [5.41, 5.74) is -0.722. The van der Waals surface area contributed by atoms with Crippen molar-refractivity contribution in [3.63, 3.8) is 0 Å². The van der Waals surface area contributed by atoms with Crippen LogP contribution < -0.4 is 0 Å². The Morgan fingerprint density at radius 2 is 1.26 bits per heavy atom. The second-order valence-corrected chi connectivity index (χ2v) is 26.5. The molecule has 0 bridgehead atoms. The Kier molecular flexibility index (Phi) is 16.7. The largest absolute Gasteiger partial charge is 0.463 e. The summed E-state index contributed by atoms with van der Waals surface area (Å²) < 4.78 is 52.7. The number of aliphatic hydroxyl groups excluding tert-OH is 11. The smallest absolute Gasteiger partial charge is 0.315 e. The summed E-state index contributed by atoms with van der Waals surface area (Å²) in [6.07, 6.45) is -20.1. The fourth-order valence-corrected chi connectivity index (χ4v) is 16.3. The van der Waals surface area contributed by atoms with E-state index in [0.29, 0.717) is 31.6 Å². The van der Waals surface area contributed by atoms with Gasteiger partial charge in [-0.15, -0.1) is 0 Å². The maximum Gasteiger partial charge on any atom is 0.315 e. The van der Waals surface area contributed by atoms with Gasteiger partial charge in [0.1, 0.15) is 92.1 Å². The van der Waals surface area contributed by atoms with Crippen molar-refractivity contribution >= 4 is 11.9 Å².